The maximum Gasteiger partial charge on any atom is 0.161 e. The quantitative estimate of drug-likeness (QED) is 0.248. The van der Waals surface area contributed by atoms with Crippen molar-refractivity contribution in [1.29, 1.82) is 0 Å². The number of para-hydroxylation sites is 3. The average Bonchev–Trinajstić information content (AvgIpc) is 2.88. The fraction of sp³-hybridized carbons (Fsp3) is 0.571. The van der Waals surface area contributed by atoms with Gasteiger partial charge in [-0.3, -0.25) is 15.8 Å². The van der Waals surface area contributed by atoms with Gasteiger partial charge >= 0.3 is 0 Å². The predicted octanol–water partition coefficient (Wildman–Crippen LogP) is 3.69. The van der Waals surface area contributed by atoms with Crippen LogP contribution in [0.2, 0.25) is 0 Å². The fourth-order valence-corrected chi connectivity index (χ4v) is 4.16. The molecule has 7 heteroatoms. The Morgan fingerprint density at radius 2 is 1.49 bits per heavy atom. The van der Waals surface area contributed by atoms with Gasteiger partial charge < -0.3 is 19.5 Å². The summed E-state index contributed by atoms with van der Waals surface area (Å²) in [6.07, 6.45) is 4.06. The maximum absolute atomic E-state index is 10.1. The van der Waals surface area contributed by atoms with Gasteiger partial charge in [0.15, 0.2) is 11.5 Å². The summed E-state index contributed by atoms with van der Waals surface area (Å²) in [7, 11) is 0. The third-order valence-corrected chi connectivity index (χ3v) is 6.13. The number of aliphatic hydroxyl groups is 1. The van der Waals surface area contributed by atoms with Gasteiger partial charge in [0.2, 0.25) is 0 Å². The number of aliphatic hydroxyl groups excluding tert-OH is 1. The lowest BCUT2D eigenvalue weighted by atomic mass is 10.2. The molecule has 0 saturated carbocycles. The fourth-order valence-electron chi connectivity index (χ4n) is 4.16. The van der Waals surface area contributed by atoms with Crippen molar-refractivity contribution in [3.8, 4) is 11.5 Å². The molecule has 0 amide bonds. The van der Waals surface area contributed by atoms with Gasteiger partial charge in [-0.05, 0) is 57.5 Å². The van der Waals surface area contributed by atoms with Gasteiger partial charge in [-0.1, -0.05) is 43.2 Å². The normalized spacial score (nSPS) is 15.4. The molecule has 0 radical (unpaired) electrons. The van der Waals surface area contributed by atoms with Crippen LogP contribution in [0.3, 0.4) is 0 Å². The van der Waals surface area contributed by atoms with E-state index >= 15 is 0 Å². The van der Waals surface area contributed by atoms with Crippen LogP contribution in [0.1, 0.15) is 39.5 Å². The van der Waals surface area contributed by atoms with Crippen molar-refractivity contribution in [1.82, 2.24) is 15.8 Å². The molecule has 0 spiro atoms. The topological polar surface area (TPSA) is 69.2 Å². The Hall–Kier alpha value is -2.32. The first kappa shape index (κ1) is 27.3. The summed E-state index contributed by atoms with van der Waals surface area (Å²) >= 11 is 0. The molecule has 0 aromatic heterocycles. The van der Waals surface area contributed by atoms with Crippen molar-refractivity contribution >= 4 is 5.69 Å². The number of hydrogen-bond acceptors (Lipinski definition) is 7. The van der Waals surface area contributed by atoms with Crippen LogP contribution in [0.15, 0.2) is 54.6 Å². The van der Waals surface area contributed by atoms with Crippen LogP contribution < -0.4 is 25.2 Å². The highest BCUT2D eigenvalue weighted by Gasteiger charge is 2.16. The number of hydrogen-bond donors (Lipinski definition) is 3. The van der Waals surface area contributed by atoms with Crippen LogP contribution in [0.4, 0.5) is 5.69 Å². The Balaban J connectivity index is 1.23. The molecule has 0 aliphatic carbocycles. The minimum atomic E-state index is -0.601. The monoisotopic (exact) mass is 484 g/mol. The standard InChI is InChI=1S/C28H44N4O3/c1-24(2)30-29-22-26(33)23-35-28-15-9-8-14-27(28)34-21-11-4-3-10-16-31-17-19-32(20-18-31)25-12-6-5-7-13-25/h5-9,12-15,24,26,29-30,33H,3-4,10-11,16-23H2,1-2H3. The van der Waals surface area contributed by atoms with Gasteiger partial charge in [0.05, 0.1) is 6.61 Å². The zero-order valence-corrected chi connectivity index (χ0v) is 21.5. The van der Waals surface area contributed by atoms with Gasteiger partial charge in [0, 0.05) is 44.5 Å². The van der Waals surface area contributed by atoms with Crippen LogP contribution in [0.5, 0.6) is 11.5 Å². The molecular weight excluding hydrogens is 440 g/mol. The lowest BCUT2D eigenvalue weighted by Crippen LogP contribution is -2.46. The van der Waals surface area contributed by atoms with Crippen molar-refractivity contribution in [3.63, 3.8) is 0 Å². The molecule has 2 aromatic rings. The summed E-state index contributed by atoms with van der Waals surface area (Å²) in [6.45, 7) is 11.1. The number of nitrogens with one attached hydrogen (secondary N) is 2. The van der Waals surface area contributed by atoms with Crippen LogP contribution >= 0.6 is 0 Å². The van der Waals surface area contributed by atoms with E-state index in [0.29, 0.717) is 24.9 Å². The molecule has 1 atom stereocenters. The van der Waals surface area contributed by atoms with E-state index in [0.717, 1.165) is 38.3 Å². The third kappa shape index (κ3) is 10.4. The SMILES string of the molecule is CC(C)NNCC(O)COc1ccccc1OCCCCCCN1CCN(c2ccccc2)CC1. The number of nitrogens with zero attached hydrogens (tertiary/aromatic N) is 2. The first-order valence-corrected chi connectivity index (χ1v) is 13.2. The molecule has 194 valence electrons. The van der Waals surface area contributed by atoms with E-state index in [1.54, 1.807) is 0 Å². The van der Waals surface area contributed by atoms with Crippen molar-refractivity contribution < 1.29 is 14.6 Å². The Morgan fingerprint density at radius 3 is 2.20 bits per heavy atom. The van der Waals surface area contributed by atoms with Gasteiger partial charge in [0.1, 0.15) is 12.7 Å². The summed E-state index contributed by atoms with van der Waals surface area (Å²) in [5.41, 5.74) is 7.41. The Kier molecular flexibility index (Phi) is 12.2. The summed E-state index contributed by atoms with van der Waals surface area (Å²) in [4.78, 5) is 5.07. The number of ether oxygens (including phenoxy) is 2. The Bertz CT molecular complexity index is 813. The maximum atomic E-state index is 10.1. The molecule has 2 aromatic carbocycles. The summed E-state index contributed by atoms with van der Waals surface area (Å²) in [5.74, 6) is 1.42. The summed E-state index contributed by atoms with van der Waals surface area (Å²) < 4.78 is 11.8. The molecule has 1 aliphatic heterocycles. The lowest BCUT2D eigenvalue weighted by Gasteiger charge is -2.36. The Labute approximate surface area is 211 Å². The number of benzene rings is 2. The van der Waals surface area contributed by atoms with E-state index in [2.05, 4.69) is 51.0 Å². The van der Waals surface area contributed by atoms with Crippen molar-refractivity contribution in [2.45, 2.75) is 51.7 Å². The van der Waals surface area contributed by atoms with Crippen LogP contribution in [0.25, 0.3) is 0 Å². The summed E-state index contributed by atoms with van der Waals surface area (Å²) in [5, 5.41) is 10.1. The molecule has 35 heavy (non-hydrogen) atoms. The highest BCUT2D eigenvalue weighted by atomic mass is 16.5. The number of anilines is 1. The van der Waals surface area contributed by atoms with Gasteiger partial charge in [-0.25, -0.2) is 0 Å². The van der Waals surface area contributed by atoms with Crippen LogP contribution in [-0.2, 0) is 0 Å². The molecule has 1 saturated heterocycles. The number of unbranched alkanes of at least 4 members (excludes halogenated alkanes) is 3. The van der Waals surface area contributed by atoms with Crippen molar-refractivity contribution in [2.24, 2.45) is 0 Å². The van der Waals surface area contributed by atoms with E-state index in [9.17, 15) is 5.11 Å². The third-order valence-electron chi connectivity index (χ3n) is 6.13. The average molecular weight is 485 g/mol. The first-order chi connectivity index (χ1) is 17.1. The number of rotatable bonds is 16. The zero-order chi connectivity index (χ0) is 24.7. The second-order valence-electron chi connectivity index (χ2n) is 9.52. The molecule has 3 rings (SSSR count). The number of hydrazine groups is 1. The molecule has 1 fully saturated rings. The molecule has 1 aliphatic rings. The van der Waals surface area contributed by atoms with Crippen LogP contribution in [-0.4, -0.2) is 74.6 Å². The lowest BCUT2D eigenvalue weighted by molar-refractivity contribution is 0.0997. The highest BCUT2D eigenvalue weighted by Crippen LogP contribution is 2.26. The number of piperazine rings is 1. The molecule has 7 nitrogen and oxygen atoms in total. The van der Waals surface area contributed by atoms with Crippen molar-refractivity contribution in [2.75, 3.05) is 57.4 Å². The molecule has 0 bridgehead atoms. The smallest absolute Gasteiger partial charge is 0.161 e. The Morgan fingerprint density at radius 1 is 0.829 bits per heavy atom. The molecule has 1 heterocycles. The largest absolute Gasteiger partial charge is 0.490 e. The minimum Gasteiger partial charge on any atom is -0.490 e. The summed E-state index contributed by atoms with van der Waals surface area (Å²) in [6, 6.07) is 18.7. The van der Waals surface area contributed by atoms with E-state index in [1.807, 2.05) is 38.1 Å². The van der Waals surface area contributed by atoms with E-state index in [4.69, 9.17) is 9.47 Å². The molecule has 3 N–H and O–H groups in total. The second-order valence-corrected chi connectivity index (χ2v) is 9.52. The molecular formula is C28H44N4O3. The molecule has 1 unspecified atom stereocenters. The van der Waals surface area contributed by atoms with E-state index in [1.165, 1.54) is 31.5 Å². The van der Waals surface area contributed by atoms with Gasteiger partial charge in [-0.15, -0.1) is 0 Å². The van der Waals surface area contributed by atoms with Gasteiger partial charge in [0.25, 0.3) is 0 Å². The van der Waals surface area contributed by atoms with E-state index < -0.39 is 6.10 Å². The zero-order valence-electron chi connectivity index (χ0n) is 21.5. The van der Waals surface area contributed by atoms with E-state index in [-0.39, 0.29) is 6.61 Å². The minimum absolute atomic E-state index is 0.215. The van der Waals surface area contributed by atoms with Crippen molar-refractivity contribution in [3.05, 3.63) is 54.6 Å². The van der Waals surface area contributed by atoms with Crippen LogP contribution in [0, 0.1) is 0 Å². The highest BCUT2D eigenvalue weighted by molar-refractivity contribution is 5.46. The first-order valence-electron chi connectivity index (χ1n) is 13.2. The van der Waals surface area contributed by atoms with Gasteiger partial charge in [-0.2, -0.15) is 0 Å². The predicted molar refractivity (Wildman–Crippen MR) is 143 cm³/mol. The second kappa shape index (κ2) is 15.6.